The lowest BCUT2D eigenvalue weighted by molar-refractivity contribution is 0.249. The number of halogens is 1. The molecule has 1 aliphatic rings. The van der Waals surface area contributed by atoms with Crippen LogP contribution in [0.3, 0.4) is 0 Å². The van der Waals surface area contributed by atoms with Gasteiger partial charge in [0.1, 0.15) is 0 Å². The van der Waals surface area contributed by atoms with Crippen LogP contribution in [-0.4, -0.2) is 38.9 Å². The molecule has 1 saturated heterocycles. The summed E-state index contributed by atoms with van der Waals surface area (Å²) >= 11 is 2.18. The van der Waals surface area contributed by atoms with E-state index in [9.17, 15) is 8.42 Å². The molecule has 1 aromatic carbocycles. The van der Waals surface area contributed by atoms with Crippen molar-refractivity contribution in [1.82, 2.24) is 9.62 Å². The van der Waals surface area contributed by atoms with Crippen molar-refractivity contribution in [3.63, 3.8) is 0 Å². The molecule has 1 aliphatic heterocycles. The van der Waals surface area contributed by atoms with Crippen LogP contribution in [0.4, 0.5) is 0 Å². The van der Waals surface area contributed by atoms with Crippen LogP contribution in [0.1, 0.15) is 19.3 Å². The zero-order valence-corrected chi connectivity index (χ0v) is 13.9. The van der Waals surface area contributed by atoms with E-state index in [1.165, 1.54) is 0 Å². The van der Waals surface area contributed by atoms with Crippen molar-refractivity contribution in [1.29, 1.82) is 0 Å². The van der Waals surface area contributed by atoms with Gasteiger partial charge in [-0.3, -0.25) is 0 Å². The summed E-state index contributed by atoms with van der Waals surface area (Å²) in [6, 6.07) is 7.14. The molecule has 19 heavy (non-hydrogen) atoms. The van der Waals surface area contributed by atoms with E-state index in [2.05, 4.69) is 27.9 Å². The van der Waals surface area contributed by atoms with E-state index >= 15 is 0 Å². The van der Waals surface area contributed by atoms with Crippen molar-refractivity contribution >= 4 is 32.6 Å². The molecule has 6 heteroatoms. The van der Waals surface area contributed by atoms with Crippen LogP contribution < -0.4 is 5.32 Å². The minimum atomic E-state index is -3.36. The SMILES string of the molecule is CNCC1CCCCN1S(=O)(=O)c1ccc(I)cc1. The van der Waals surface area contributed by atoms with Crippen LogP contribution in [0.25, 0.3) is 0 Å². The van der Waals surface area contributed by atoms with Gasteiger partial charge in [-0.15, -0.1) is 0 Å². The maximum atomic E-state index is 12.7. The van der Waals surface area contributed by atoms with Crippen molar-refractivity contribution in [2.45, 2.75) is 30.2 Å². The predicted octanol–water partition coefficient (Wildman–Crippen LogP) is 2.05. The van der Waals surface area contributed by atoms with Crippen molar-refractivity contribution in [2.24, 2.45) is 0 Å². The summed E-state index contributed by atoms with van der Waals surface area (Å²) in [7, 11) is -1.49. The Labute approximate surface area is 128 Å². The highest BCUT2D eigenvalue weighted by atomic mass is 127. The van der Waals surface area contributed by atoms with E-state index in [-0.39, 0.29) is 6.04 Å². The van der Waals surface area contributed by atoms with Crippen LogP contribution in [0.5, 0.6) is 0 Å². The number of nitrogens with zero attached hydrogens (tertiary/aromatic N) is 1. The number of rotatable bonds is 4. The minimum absolute atomic E-state index is 0.0722. The Morgan fingerprint density at radius 3 is 2.63 bits per heavy atom. The first-order chi connectivity index (χ1) is 9.05. The molecule has 0 amide bonds. The first kappa shape index (κ1) is 15.2. The number of hydrogen-bond acceptors (Lipinski definition) is 3. The minimum Gasteiger partial charge on any atom is -0.318 e. The summed E-state index contributed by atoms with van der Waals surface area (Å²) in [5, 5.41) is 3.09. The Morgan fingerprint density at radius 1 is 1.32 bits per heavy atom. The average Bonchev–Trinajstić information content (AvgIpc) is 2.40. The van der Waals surface area contributed by atoms with Crippen molar-refractivity contribution in [2.75, 3.05) is 20.1 Å². The van der Waals surface area contributed by atoms with Gasteiger partial charge in [0.15, 0.2) is 0 Å². The standard InChI is InChI=1S/C13H19IN2O2S/c1-15-10-12-4-2-3-9-16(12)19(17,18)13-7-5-11(14)6-8-13/h5-8,12,15H,2-4,9-10H2,1H3. The lowest BCUT2D eigenvalue weighted by atomic mass is 10.1. The van der Waals surface area contributed by atoms with Gasteiger partial charge in [0.25, 0.3) is 0 Å². The number of hydrogen-bond donors (Lipinski definition) is 1. The highest BCUT2D eigenvalue weighted by molar-refractivity contribution is 14.1. The lowest BCUT2D eigenvalue weighted by Crippen LogP contribution is -2.47. The van der Waals surface area contributed by atoms with Crippen molar-refractivity contribution in [3.05, 3.63) is 27.8 Å². The zero-order valence-electron chi connectivity index (χ0n) is 11.0. The third-order valence-electron chi connectivity index (χ3n) is 3.43. The second-order valence-electron chi connectivity index (χ2n) is 4.78. The van der Waals surface area contributed by atoms with Gasteiger partial charge in [-0.05, 0) is 66.7 Å². The molecular weight excluding hydrogens is 375 g/mol. The Hall–Kier alpha value is -0.180. The largest absolute Gasteiger partial charge is 0.318 e. The second kappa shape index (κ2) is 6.51. The van der Waals surface area contributed by atoms with E-state index in [0.717, 1.165) is 22.8 Å². The third-order valence-corrected chi connectivity index (χ3v) is 6.12. The number of benzene rings is 1. The first-order valence-corrected chi connectivity index (χ1v) is 8.99. The lowest BCUT2D eigenvalue weighted by Gasteiger charge is -2.34. The fraction of sp³-hybridized carbons (Fsp3) is 0.538. The van der Waals surface area contributed by atoms with Gasteiger partial charge in [-0.1, -0.05) is 6.42 Å². The van der Waals surface area contributed by atoms with E-state index < -0.39 is 10.0 Å². The van der Waals surface area contributed by atoms with E-state index in [1.807, 2.05) is 19.2 Å². The molecule has 1 heterocycles. The number of nitrogens with one attached hydrogen (secondary N) is 1. The Morgan fingerprint density at radius 2 is 2.00 bits per heavy atom. The molecule has 1 N–H and O–H groups in total. The molecule has 0 bridgehead atoms. The van der Waals surface area contributed by atoms with Crippen molar-refractivity contribution in [3.8, 4) is 0 Å². The fourth-order valence-electron chi connectivity index (χ4n) is 2.47. The average molecular weight is 394 g/mol. The molecule has 1 atom stereocenters. The van der Waals surface area contributed by atoms with Gasteiger partial charge in [-0.25, -0.2) is 8.42 Å². The molecular formula is C13H19IN2O2S. The van der Waals surface area contributed by atoms with Gasteiger partial charge in [0.05, 0.1) is 4.90 Å². The summed E-state index contributed by atoms with van der Waals surface area (Å²) in [5.41, 5.74) is 0. The number of piperidine rings is 1. The molecule has 4 nitrogen and oxygen atoms in total. The molecule has 1 unspecified atom stereocenters. The predicted molar refractivity (Wildman–Crippen MR) is 84.6 cm³/mol. The normalized spacial score (nSPS) is 21.5. The fourth-order valence-corrected chi connectivity index (χ4v) is 4.52. The monoisotopic (exact) mass is 394 g/mol. The van der Waals surface area contributed by atoms with Crippen LogP contribution in [0, 0.1) is 3.57 Å². The molecule has 0 saturated carbocycles. The van der Waals surface area contributed by atoms with E-state index in [4.69, 9.17) is 0 Å². The maximum absolute atomic E-state index is 12.7. The molecule has 1 fully saturated rings. The highest BCUT2D eigenvalue weighted by Crippen LogP contribution is 2.25. The van der Waals surface area contributed by atoms with Gasteiger partial charge in [0, 0.05) is 22.7 Å². The van der Waals surface area contributed by atoms with Gasteiger partial charge < -0.3 is 5.32 Å². The van der Waals surface area contributed by atoms with Crippen LogP contribution in [0.15, 0.2) is 29.2 Å². The van der Waals surface area contributed by atoms with Crippen LogP contribution in [0.2, 0.25) is 0 Å². The van der Waals surface area contributed by atoms with Crippen LogP contribution >= 0.6 is 22.6 Å². The molecule has 106 valence electrons. The molecule has 0 radical (unpaired) electrons. The van der Waals surface area contributed by atoms with Crippen molar-refractivity contribution < 1.29 is 8.42 Å². The zero-order chi connectivity index (χ0) is 13.9. The quantitative estimate of drug-likeness (QED) is 0.796. The molecule has 2 rings (SSSR count). The summed E-state index contributed by atoms with van der Waals surface area (Å²) in [6.45, 7) is 1.34. The number of likely N-dealkylation sites (N-methyl/N-ethyl adjacent to an activating group) is 1. The highest BCUT2D eigenvalue weighted by Gasteiger charge is 2.32. The topological polar surface area (TPSA) is 49.4 Å². The molecule has 0 aliphatic carbocycles. The maximum Gasteiger partial charge on any atom is 0.243 e. The Kier molecular flexibility index (Phi) is 5.22. The second-order valence-corrected chi connectivity index (χ2v) is 7.91. The molecule has 0 aromatic heterocycles. The van der Waals surface area contributed by atoms with E-state index in [1.54, 1.807) is 16.4 Å². The summed E-state index contributed by atoms with van der Waals surface area (Å²) in [6.07, 6.45) is 2.99. The summed E-state index contributed by atoms with van der Waals surface area (Å²) in [5.74, 6) is 0. The van der Waals surface area contributed by atoms with Crippen LogP contribution in [-0.2, 0) is 10.0 Å². The van der Waals surface area contributed by atoms with Gasteiger partial charge in [0.2, 0.25) is 10.0 Å². The third kappa shape index (κ3) is 3.48. The Bertz CT molecular complexity index is 514. The first-order valence-electron chi connectivity index (χ1n) is 6.47. The van der Waals surface area contributed by atoms with E-state index in [0.29, 0.717) is 18.0 Å². The molecule has 0 spiro atoms. The molecule has 1 aromatic rings. The smallest absolute Gasteiger partial charge is 0.243 e. The summed E-state index contributed by atoms with van der Waals surface area (Å²) in [4.78, 5) is 0.399. The Balaban J connectivity index is 2.28. The summed E-state index contributed by atoms with van der Waals surface area (Å²) < 4.78 is 28.1. The van der Waals surface area contributed by atoms with Gasteiger partial charge >= 0.3 is 0 Å². The number of sulfonamides is 1. The van der Waals surface area contributed by atoms with Gasteiger partial charge in [-0.2, -0.15) is 4.31 Å².